The fourth-order valence-corrected chi connectivity index (χ4v) is 4.29. The number of nitrogens with zero attached hydrogens (tertiary/aromatic N) is 2. The van der Waals surface area contributed by atoms with E-state index in [1.54, 1.807) is 6.20 Å². The highest BCUT2D eigenvalue weighted by molar-refractivity contribution is 7.17. The zero-order chi connectivity index (χ0) is 15.1. The molecule has 0 unspecified atom stereocenters. The summed E-state index contributed by atoms with van der Waals surface area (Å²) < 4.78 is 5.51. The van der Waals surface area contributed by atoms with E-state index in [9.17, 15) is 4.79 Å². The molecule has 0 radical (unpaired) electrons. The van der Waals surface area contributed by atoms with Crippen LogP contribution in [0.4, 0.5) is 0 Å². The molecule has 5 heterocycles. The van der Waals surface area contributed by atoms with Crippen molar-refractivity contribution in [3.8, 4) is 10.6 Å². The first-order valence-electron chi connectivity index (χ1n) is 7.75. The van der Waals surface area contributed by atoms with Gasteiger partial charge in [-0.3, -0.25) is 4.79 Å². The Balaban J connectivity index is 1.46. The Hall–Kier alpha value is -1.66. The van der Waals surface area contributed by atoms with Gasteiger partial charge in [0.05, 0.1) is 16.0 Å². The largest absolute Gasteiger partial charge is 0.440 e. The summed E-state index contributed by atoms with van der Waals surface area (Å²) in [5.74, 6) is 2.04. The van der Waals surface area contributed by atoms with E-state index in [4.69, 9.17) is 4.42 Å². The summed E-state index contributed by atoms with van der Waals surface area (Å²) in [6.07, 6.45) is 4.12. The van der Waals surface area contributed by atoms with Crippen LogP contribution >= 0.6 is 11.3 Å². The molecule has 3 aliphatic heterocycles. The Morgan fingerprint density at radius 3 is 2.86 bits per heavy atom. The minimum atomic E-state index is 0.0336. The minimum Gasteiger partial charge on any atom is -0.440 e. The summed E-state index contributed by atoms with van der Waals surface area (Å²) in [5, 5.41) is 3.22. The topological polar surface area (TPSA) is 58.4 Å². The highest BCUT2D eigenvalue weighted by Crippen LogP contribution is 2.30. The second kappa shape index (κ2) is 5.52. The van der Waals surface area contributed by atoms with Gasteiger partial charge in [0.25, 0.3) is 5.91 Å². The number of amides is 1. The Morgan fingerprint density at radius 1 is 1.41 bits per heavy atom. The number of rotatable bonds is 3. The molecule has 3 fully saturated rings. The number of hydrogen-bond donors (Lipinski definition) is 1. The number of aromatic nitrogens is 1. The zero-order valence-corrected chi connectivity index (χ0v) is 13.4. The Morgan fingerprint density at radius 2 is 2.23 bits per heavy atom. The van der Waals surface area contributed by atoms with Crippen LogP contribution in [0.3, 0.4) is 0 Å². The van der Waals surface area contributed by atoms with Gasteiger partial charge in [-0.05, 0) is 44.0 Å². The number of aryl methyl sites for hydroxylation is 1. The summed E-state index contributed by atoms with van der Waals surface area (Å²) in [6.45, 7) is 5.18. The molecule has 1 N–H and O–H groups in total. The fraction of sp³-hybridized carbons (Fsp3) is 0.500. The SMILES string of the molecule is Cc1ncc(-c2ccc(C(=O)N[C@H]3CN4CCC3CC4)s2)o1. The average Bonchev–Trinajstić information content (AvgIpc) is 3.17. The van der Waals surface area contributed by atoms with E-state index in [-0.39, 0.29) is 5.91 Å². The molecule has 116 valence electrons. The maximum Gasteiger partial charge on any atom is 0.261 e. The van der Waals surface area contributed by atoms with Crippen molar-refractivity contribution in [1.29, 1.82) is 0 Å². The molecule has 5 nitrogen and oxygen atoms in total. The van der Waals surface area contributed by atoms with Gasteiger partial charge >= 0.3 is 0 Å². The second-order valence-electron chi connectivity index (χ2n) is 6.13. The van der Waals surface area contributed by atoms with Crippen LogP contribution < -0.4 is 5.32 Å². The van der Waals surface area contributed by atoms with Crippen LogP contribution in [-0.2, 0) is 0 Å². The van der Waals surface area contributed by atoms with E-state index in [2.05, 4.69) is 15.2 Å². The molecule has 0 spiro atoms. The van der Waals surface area contributed by atoms with Gasteiger partial charge in [0.2, 0.25) is 0 Å². The normalized spacial score (nSPS) is 27.0. The molecule has 1 atom stereocenters. The van der Waals surface area contributed by atoms with Crippen LogP contribution in [0.15, 0.2) is 22.7 Å². The first-order chi connectivity index (χ1) is 10.7. The predicted octanol–water partition coefficient (Wildman–Crippen LogP) is 2.54. The van der Waals surface area contributed by atoms with Gasteiger partial charge in [0.15, 0.2) is 11.7 Å². The fourth-order valence-electron chi connectivity index (χ4n) is 3.44. The van der Waals surface area contributed by atoms with Gasteiger partial charge in [-0.2, -0.15) is 0 Å². The lowest BCUT2D eigenvalue weighted by molar-refractivity contribution is 0.0622. The van der Waals surface area contributed by atoms with E-state index >= 15 is 0 Å². The number of carbonyl (C=O) groups is 1. The third-order valence-corrected chi connectivity index (χ3v) is 5.77. The molecule has 0 aliphatic carbocycles. The Kier molecular flexibility index (Phi) is 3.50. The lowest BCUT2D eigenvalue weighted by Crippen LogP contribution is -2.57. The maximum absolute atomic E-state index is 12.5. The molecule has 1 amide bonds. The molecule has 22 heavy (non-hydrogen) atoms. The molecule has 2 aromatic rings. The van der Waals surface area contributed by atoms with E-state index < -0.39 is 0 Å². The zero-order valence-electron chi connectivity index (χ0n) is 12.5. The van der Waals surface area contributed by atoms with Gasteiger partial charge in [-0.25, -0.2) is 4.98 Å². The summed E-state index contributed by atoms with van der Waals surface area (Å²) in [4.78, 5) is 20.7. The van der Waals surface area contributed by atoms with Crippen molar-refractivity contribution in [3.05, 3.63) is 29.1 Å². The van der Waals surface area contributed by atoms with Gasteiger partial charge in [-0.15, -0.1) is 11.3 Å². The third kappa shape index (κ3) is 2.57. The average molecular weight is 317 g/mol. The lowest BCUT2D eigenvalue weighted by atomic mass is 9.84. The predicted molar refractivity (Wildman–Crippen MR) is 85.0 cm³/mol. The van der Waals surface area contributed by atoms with Crippen LogP contribution in [0.25, 0.3) is 10.6 Å². The van der Waals surface area contributed by atoms with Crippen molar-refractivity contribution in [2.45, 2.75) is 25.8 Å². The first-order valence-corrected chi connectivity index (χ1v) is 8.56. The van der Waals surface area contributed by atoms with E-state index in [1.165, 1.54) is 37.3 Å². The number of hydrogen-bond acceptors (Lipinski definition) is 5. The maximum atomic E-state index is 12.5. The molecule has 2 aromatic heterocycles. The second-order valence-corrected chi connectivity index (χ2v) is 7.21. The van der Waals surface area contributed by atoms with Crippen LogP contribution in [-0.4, -0.2) is 41.5 Å². The van der Waals surface area contributed by atoms with E-state index in [0.29, 0.717) is 17.9 Å². The van der Waals surface area contributed by atoms with Crippen LogP contribution in [0, 0.1) is 12.8 Å². The van der Waals surface area contributed by atoms with Crippen LogP contribution in [0.1, 0.15) is 28.4 Å². The Labute approximate surface area is 133 Å². The van der Waals surface area contributed by atoms with Crippen LogP contribution in [0.5, 0.6) is 0 Å². The molecule has 3 saturated heterocycles. The third-order valence-electron chi connectivity index (χ3n) is 4.67. The number of piperidine rings is 3. The molecule has 0 saturated carbocycles. The lowest BCUT2D eigenvalue weighted by Gasteiger charge is -2.44. The summed E-state index contributed by atoms with van der Waals surface area (Å²) in [6, 6.07) is 4.10. The molecule has 6 heteroatoms. The van der Waals surface area contributed by atoms with Crippen molar-refractivity contribution >= 4 is 17.2 Å². The summed E-state index contributed by atoms with van der Waals surface area (Å²) in [7, 11) is 0. The molecular weight excluding hydrogens is 298 g/mol. The highest BCUT2D eigenvalue weighted by atomic mass is 32.1. The van der Waals surface area contributed by atoms with Crippen LogP contribution in [0.2, 0.25) is 0 Å². The monoisotopic (exact) mass is 317 g/mol. The van der Waals surface area contributed by atoms with E-state index in [0.717, 1.165) is 22.1 Å². The molecule has 5 rings (SSSR count). The molecule has 2 bridgehead atoms. The number of fused-ring (bicyclic) bond motifs is 3. The standard InChI is InChI=1S/C16H19N3O2S/c1-10-17-8-13(21-10)14-2-3-15(22-14)16(20)18-12-9-19-6-4-11(12)5-7-19/h2-3,8,11-12H,4-7,9H2,1H3,(H,18,20)/t12-/m0/s1. The molecular formula is C16H19N3O2S. The quantitative estimate of drug-likeness (QED) is 0.945. The molecule has 3 aliphatic rings. The van der Waals surface area contributed by atoms with Crippen molar-refractivity contribution in [2.24, 2.45) is 5.92 Å². The molecule has 0 aromatic carbocycles. The van der Waals surface area contributed by atoms with Crippen molar-refractivity contribution in [2.75, 3.05) is 19.6 Å². The number of nitrogens with one attached hydrogen (secondary N) is 1. The smallest absolute Gasteiger partial charge is 0.261 e. The van der Waals surface area contributed by atoms with Crippen molar-refractivity contribution < 1.29 is 9.21 Å². The Bertz CT molecular complexity index is 685. The van der Waals surface area contributed by atoms with Crippen molar-refractivity contribution in [3.63, 3.8) is 0 Å². The first kappa shape index (κ1) is 14.0. The van der Waals surface area contributed by atoms with Gasteiger partial charge < -0.3 is 14.6 Å². The van der Waals surface area contributed by atoms with Gasteiger partial charge in [-0.1, -0.05) is 0 Å². The van der Waals surface area contributed by atoms with Crippen molar-refractivity contribution in [1.82, 2.24) is 15.2 Å². The van der Waals surface area contributed by atoms with E-state index in [1.807, 2.05) is 19.1 Å². The van der Waals surface area contributed by atoms with Gasteiger partial charge in [0, 0.05) is 19.5 Å². The highest BCUT2D eigenvalue weighted by Gasteiger charge is 2.35. The van der Waals surface area contributed by atoms with Gasteiger partial charge in [0.1, 0.15) is 0 Å². The number of thiophene rings is 1. The number of oxazole rings is 1. The number of carbonyl (C=O) groups excluding carboxylic acids is 1. The minimum absolute atomic E-state index is 0.0336. The summed E-state index contributed by atoms with van der Waals surface area (Å²) >= 11 is 1.46. The summed E-state index contributed by atoms with van der Waals surface area (Å²) in [5.41, 5.74) is 0.